The van der Waals surface area contributed by atoms with Crippen molar-refractivity contribution < 1.29 is 4.79 Å². The number of Topliss-reactive ketones (excluding diaryl/α,β-unsaturated/α-hetero) is 1. The molecule has 1 atom stereocenters. The van der Waals surface area contributed by atoms with Gasteiger partial charge in [-0.2, -0.15) is 0 Å². The van der Waals surface area contributed by atoms with Crippen LogP contribution in [0, 0.1) is 17.3 Å². The molecule has 16 heavy (non-hydrogen) atoms. The normalized spacial score (nSPS) is 18.5. The molecule has 0 heterocycles. The molecule has 0 aromatic carbocycles. The lowest BCUT2D eigenvalue weighted by molar-refractivity contribution is -0.119. The summed E-state index contributed by atoms with van der Waals surface area (Å²) in [7, 11) is 0. The second-order valence-corrected chi connectivity index (χ2v) is 6.37. The highest BCUT2D eigenvalue weighted by Gasteiger charge is 2.27. The van der Waals surface area contributed by atoms with Crippen molar-refractivity contribution in [2.24, 2.45) is 23.0 Å². The van der Waals surface area contributed by atoms with Crippen molar-refractivity contribution in [3.63, 3.8) is 0 Å². The summed E-state index contributed by atoms with van der Waals surface area (Å²) in [6, 6.07) is 0. The minimum atomic E-state index is 0.277. The van der Waals surface area contributed by atoms with Gasteiger partial charge in [0.2, 0.25) is 0 Å². The standard InChI is InChI=1S/C14H27NO/c1-14(2,3)12(8-9-15)6-7-13(16)10-11-4-5-11/h11-12H,4-10,15H2,1-3H3. The maximum Gasteiger partial charge on any atom is 0.133 e. The molecule has 1 unspecified atom stereocenters. The number of rotatable bonds is 7. The maximum absolute atomic E-state index is 11.7. The third-order valence-electron chi connectivity index (χ3n) is 3.72. The zero-order chi connectivity index (χ0) is 12.2. The van der Waals surface area contributed by atoms with Crippen LogP contribution in [0.2, 0.25) is 0 Å². The number of carbonyl (C=O) groups is 1. The number of ketones is 1. The summed E-state index contributed by atoms with van der Waals surface area (Å²) >= 11 is 0. The first-order chi connectivity index (χ1) is 7.43. The smallest absolute Gasteiger partial charge is 0.133 e. The van der Waals surface area contributed by atoms with Gasteiger partial charge in [0, 0.05) is 12.8 Å². The van der Waals surface area contributed by atoms with E-state index in [1.807, 2.05) is 0 Å². The molecule has 1 fully saturated rings. The molecule has 0 aromatic heterocycles. The van der Waals surface area contributed by atoms with Crippen LogP contribution in [0.25, 0.3) is 0 Å². The molecular formula is C14H27NO. The molecule has 1 saturated carbocycles. The van der Waals surface area contributed by atoms with Gasteiger partial charge in [-0.05, 0) is 49.5 Å². The van der Waals surface area contributed by atoms with Gasteiger partial charge in [-0.3, -0.25) is 4.79 Å². The van der Waals surface area contributed by atoms with Gasteiger partial charge in [0.25, 0.3) is 0 Å². The third-order valence-corrected chi connectivity index (χ3v) is 3.72. The molecule has 2 nitrogen and oxygen atoms in total. The number of hydrogen-bond donors (Lipinski definition) is 1. The van der Waals surface area contributed by atoms with E-state index in [-0.39, 0.29) is 5.41 Å². The van der Waals surface area contributed by atoms with Gasteiger partial charge in [0.1, 0.15) is 5.78 Å². The lowest BCUT2D eigenvalue weighted by Crippen LogP contribution is -2.24. The Morgan fingerprint density at radius 3 is 2.38 bits per heavy atom. The Labute approximate surface area is 100.0 Å². The Morgan fingerprint density at radius 2 is 1.94 bits per heavy atom. The molecule has 2 N–H and O–H groups in total. The molecule has 0 radical (unpaired) electrons. The van der Waals surface area contributed by atoms with Gasteiger partial charge in [0.15, 0.2) is 0 Å². The summed E-state index contributed by atoms with van der Waals surface area (Å²) in [6.45, 7) is 7.48. The van der Waals surface area contributed by atoms with Crippen LogP contribution in [-0.2, 0) is 4.79 Å². The number of nitrogens with two attached hydrogens (primary N) is 1. The first kappa shape index (κ1) is 13.7. The highest BCUT2D eigenvalue weighted by atomic mass is 16.1. The first-order valence-electron chi connectivity index (χ1n) is 6.65. The highest BCUT2D eigenvalue weighted by molar-refractivity contribution is 5.78. The van der Waals surface area contributed by atoms with E-state index in [9.17, 15) is 4.79 Å². The Hall–Kier alpha value is -0.370. The molecule has 1 aliphatic carbocycles. The zero-order valence-electron chi connectivity index (χ0n) is 11.1. The summed E-state index contributed by atoms with van der Waals surface area (Å²) in [5.41, 5.74) is 5.92. The van der Waals surface area contributed by atoms with Crippen LogP contribution < -0.4 is 5.73 Å². The SMILES string of the molecule is CC(C)(C)C(CCN)CCC(=O)CC1CC1. The van der Waals surface area contributed by atoms with E-state index in [1.54, 1.807) is 0 Å². The van der Waals surface area contributed by atoms with E-state index in [0.717, 1.165) is 38.1 Å². The minimum Gasteiger partial charge on any atom is -0.330 e. The number of carbonyl (C=O) groups excluding carboxylic acids is 1. The maximum atomic E-state index is 11.7. The summed E-state index contributed by atoms with van der Waals surface area (Å²) in [5.74, 6) is 1.78. The third kappa shape index (κ3) is 5.11. The molecule has 0 aliphatic heterocycles. The predicted molar refractivity (Wildman–Crippen MR) is 68.2 cm³/mol. The van der Waals surface area contributed by atoms with Gasteiger partial charge in [-0.25, -0.2) is 0 Å². The van der Waals surface area contributed by atoms with Gasteiger partial charge < -0.3 is 5.73 Å². The first-order valence-corrected chi connectivity index (χ1v) is 6.65. The average molecular weight is 225 g/mol. The van der Waals surface area contributed by atoms with Crippen molar-refractivity contribution in [1.82, 2.24) is 0 Å². The monoisotopic (exact) mass is 225 g/mol. The topological polar surface area (TPSA) is 43.1 Å². The fourth-order valence-corrected chi connectivity index (χ4v) is 2.29. The summed E-state index contributed by atoms with van der Waals surface area (Å²) in [5, 5.41) is 0. The molecule has 2 heteroatoms. The van der Waals surface area contributed by atoms with Crippen molar-refractivity contribution in [3.05, 3.63) is 0 Å². The van der Waals surface area contributed by atoms with E-state index >= 15 is 0 Å². The van der Waals surface area contributed by atoms with Crippen molar-refractivity contribution in [1.29, 1.82) is 0 Å². The van der Waals surface area contributed by atoms with Crippen molar-refractivity contribution in [2.45, 2.75) is 59.3 Å². The number of hydrogen-bond acceptors (Lipinski definition) is 2. The largest absolute Gasteiger partial charge is 0.330 e. The van der Waals surface area contributed by atoms with E-state index in [1.165, 1.54) is 12.8 Å². The van der Waals surface area contributed by atoms with Crippen LogP contribution in [0.3, 0.4) is 0 Å². The van der Waals surface area contributed by atoms with Crippen LogP contribution >= 0.6 is 0 Å². The Balaban J connectivity index is 2.27. The van der Waals surface area contributed by atoms with E-state index < -0.39 is 0 Å². The molecule has 0 saturated heterocycles. The summed E-state index contributed by atoms with van der Waals surface area (Å²) < 4.78 is 0. The fraction of sp³-hybridized carbons (Fsp3) is 0.929. The Kier molecular flexibility index (Phi) is 4.97. The zero-order valence-corrected chi connectivity index (χ0v) is 11.1. The van der Waals surface area contributed by atoms with Gasteiger partial charge in [-0.1, -0.05) is 20.8 Å². The van der Waals surface area contributed by atoms with Crippen molar-refractivity contribution in [3.8, 4) is 0 Å². The highest BCUT2D eigenvalue weighted by Crippen LogP contribution is 2.35. The van der Waals surface area contributed by atoms with Crippen LogP contribution in [-0.4, -0.2) is 12.3 Å². The fourth-order valence-electron chi connectivity index (χ4n) is 2.29. The second-order valence-electron chi connectivity index (χ2n) is 6.37. The lowest BCUT2D eigenvalue weighted by atomic mass is 9.76. The quantitative estimate of drug-likeness (QED) is 0.723. The van der Waals surface area contributed by atoms with Crippen LogP contribution in [0.15, 0.2) is 0 Å². The van der Waals surface area contributed by atoms with Crippen molar-refractivity contribution >= 4 is 5.78 Å². The molecular weight excluding hydrogens is 198 g/mol. The van der Waals surface area contributed by atoms with Crippen LogP contribution in [0.5, 0.6) is 0 Å². The molecule has 94 valence electrons. The lowest BCUT2D eigenvalue weighted by Gasteiger charge is -2.30. The summed E-state index contributed by atoms with van der Waals surface area (Å²) in [4.78, 5) is 11.7. The Morgan fingerprint density at radius 1 is 1.31 bits per heavy atom. The van der Waals surface area contributed by atoms with E-state index in [4.69, 9.17) is 5.73 Å². The van der Waals surface area contributed by atoms with Gasteiger partial charge >= 0.3 is 0 Å². The molecule has 0 aromatic rings. The Bertz CT molecular complexity index is 225. The van der Waals surface area contributed by atoms with Crippen molar-refractivity contribution in [2.75, 3.05) is 6.54 Å². The van der Waals surface area contributed by atoms with Crippen LogP contribution in [0.4, 0.5) is 0 Å². The van der Waals surface area contributed by atoms with E-state index in [0.29, 0.717) is 11.7 Å². The molecule has 0 amide bonds. The van der Waals surface area contributed by atoms with Gasteiger partial charge in [0.05, 0.1) is 0 Å². The molecule has 1 rings (SSSR count). The average Bonchev–Trinajstić information content (AvgIpc) is 2.94. The second kappa shape index (κ2) is 5.81. The molecule has 0 spiro atoms. The van der Waals surface area contributed by atoms with E-state index in [2.05, 4.69) is 20.8 Å². The van der Waals surface area contributed by atoms with Crippen LogP contribution in [0.1, 0.15) is 59.3 Å². The summed E-state index contributed by atoms with van der Waals surface area (Å²) in [6.07, 6.45) is 6.21. The molecule has 0 bridgehead atoms. The van der Waals surface area contributed by atoms with Gasteiger partial charge in [-0.15, -0.1) is 0 Å². The molecule has 1 aliphatic rings. The predicted octanol–water partition coefficient (Wildman–Crippen LogP) is 3.15. The minimum absolute atomic E-state index is 0.277.